The van der Waals surface area contributed by atoms with Crippen molar-refractivity contribution in [2.24, 2.45) is 11.8 Å². The third-order valence-electron chi connectivity index (χ3n) is 9.26. The van der Waals surface area contributed by atoms with E-state index in [9.17, 15) is 9.59 Å². The van der Waals surface area contributed by atoms with Gasteiger partial charge in [0.15, 0.2) is 5.54 Å². The van der Waals surface area contributed by atoms with E-state index in [1.807, 2.05) is 60.7 Å². The molecular weight excluding hydrogens is 629 g/mol. The first-order valence-corrected chi connectivity index (χ1v) is 18.2. The van der Waals surface area contributed by atoms with Crippen molar-refractivity contribution < 1.29 is 23.9 Å². The van der Waals surface area contributed by atoms with E-state index < -0.39 is 11.5 Å². The Morgan fingerprint density at radius 3 is 1.64 bits per heavy atom. The summed E-state index contributed by atoms with van der Waals surface area (Å²) in [6.07, 6.45) is 5.22. The lowest BCUT2D eigenvalue weighted by Gasteiger charge is -2.35. The summed E-state index contributed by atoms with van der Waals surface area (Å²) in [5.74, 6) is -0.182. The van der Waals surface area contributed by atoms with Crippen molar-refractivity contribution in [3.05, 3.63) is 104 Å². The predicted molar refractivity (Wildman–Crippen MR) is 189 cm³/mol. The van der Waals surface area contributed by atoms with Gasteiger partial charge in [0, 0.05) is 9.75 Å². The Bertz CT molecular complexity index is 1720. The molecule has 0 bridgehead atoms. The number of fused-ring (bicyclic) bond motifs is 2. The third-order valence-corrected chi connectivity index (χ3v) is 11.6. The molecule has 4 aromatic rings. The van der Waals surface area contributed by atoms with Crippen molar-refractivity contribution in [1.82, 2.24) is 0 Å². The fourth-order valence-corrected chi connectivity index (χ4v) is 9.74. The van der Waals surface area contributed by atoms with Crippen molar-refractivity contribution in [3.63, 3.8) is 0 Å². The molecule has 2 atom stereocenters. The highest BCUT2D eigenvalue weighted by Gasteiger charge is 2.45. The number of rotatable bonds is 10. The van der Waals surface area contributed by atoms with Gasteiger partial charge in [0.1, 0.15) is 10.0 Å². The van der Waals surface area contributed by atoms with E-state index in [1.165, 1.54) is 22.7 Å². The Balaban J connectivity index is 1.54. The molecule has 2 aromatic heterocycles. The number of carbonyl (C=O) groups is 3. The summed E-state index contributed by atoms with van der Waals surface area (Å²) >= 11 is 3.00. The van der Waals surface area contributed by atoms with Gasteiger partial charge in [-0.1, -0.05) is 74.5 Å². The molecule has 0 spiro atoms. The summed E-state index contributed by atoms with van der Waals surface area (Å²) < 4.78 is 11.1. The van der Waals surface area contributed by atoms with Crippen LogP contribution in [0.5, 0.6) is 0 Å². The summed E-state index contributed by atoms with van der Waals surface area (Å²) in [7, 11) is 0. The van der Waals surface area contributed by atoms with Crippen LogP contribution in [0, 0.1) is 11.8 Å². The molecule has 47 heavy (non-hydrogen) atoms. The maximum Gasteiger partial charge on any atom is 0.341 e. The van der Waals surface area contributed by atoms with Crippen LogP contribution in [0.1, 0.15) is 93.3 Å². The molecule has 1 amide bonds. The molecule has 2 aromatic carbocycles. The lowest BCUT2D eigenvalue weighted by atomic mass is 9.81. The van der Waals surface area contributed by atoms with E-state index in [0.717, 1.165) is 59.4 Å². The second-order valence-electron chi connectivity index (χ2n) is 12.6. The SMILES string of the molecule is CCOC(=O)c1c(NC(=O)C(Nc2sc3c(c2C(=O)OCC)CC[C@@H](C)C3)(c2ccccc2)c2ccccc2)sc2c1CC[C@@H](C)C2. The van der Waals surface area contributed by atoms with Crippen LogP contribution in [0.2, 0.25) is 0 Å². The maximum atomic E-state index is 15.2. The van der Waals surface area contributed by atoms with Gasteiger partial charge in [0.05, 0.1) is 24.3 Å². The van der Waals surface area contributed by atoms with Crippen LogP contribution in [0.4, 0.5) is 10.0 Å². The van der Waals surface area contributed by atoms with Crippen molar-refractivity contribution >= 4 is 50.5 Å². The predicted octanol–water partition coefficient (Wildman–Crippen LogP) is 8.41. The lowest BCUT2D eigenvalue weighted by molar-refractivity contribution is -0.119. The first kappa shape index (κ1) is 33.0. The average molecular weight is 671 g/mol. The topological polar surface area (TPSA) is 93.7 Å². The molecule has 0 unspecified atom stereocenters. The van der Waals surface area contributed by atoms with Gasteiger partial charge in [-0.3, -0.25) is 4.79 Å². The summed E-state index contributed by atoms with van der Waals surface area (Å²) in [4.78, 5) is 44.5. The van der Waals surface area contributed by atoms with E-state index in [4.69, 9.17) is 9.47 Å². The quantitative estimate of drug-likeness (QED) is 0.165. The van der Waals surface area contributed by atoms with Gasteiger partial charge in [0.2, 0.25) is 0 Å². The largest absolute Gasteiger partial charge is 0.462 e. The smallest absolute Gasteiger partial charge is 0.341 e. The van der Waals surface area contributed by atoms with E-state index in [2.05, 4.69) is 24.5 Å². The number of anilines is 2. The Kier molecular flexibility index (Phi) is 9.85. The van der Waals surface area contributed by atoms with Gasteiger partial charge in [0.25, 0.3) is 5.91 Å². The minimum absolute atomic E-state index is 0.241. The normalized spacial score (nSPS) is 17.3. The van der Waals surface area contributed by atoms with Crippen LogP contribution < -0.4 is 10.6 Å². The van der Waals surface area contributed by atoms with Crippen molar-refractivity contribution in [2.45, 2.75) is 71.8 Å². The van der Waals surface area contributed by atoms with Crippen LogP contribution in [0.15, 0.2) is 60.7 Å². The molecule has 0 fully saturated rings. The molecular formula is C38H42N2O5S2. The molecule has 9 heteroatoms. The Labute approximate surface area is 284 Å². The molecule has 2 heterocycles. The molecule has 0 saturated carbocycles. The van der Waals surface area contributed by atoms with Gasteiger partial charge in [-0.25, -0.2) is 9.59 Å². The highest BCUT2D eigenvalue weighted by Crippen LogP contribution is 2.46. The van der Waals surface area contributed by atoms with Crippen LogP contribution in [0.3, 0.4) is 0 Å². The molecule has 0 radical (unpaired) electrons. The van der Waals surface area contributed by atoms with E-state index >= 15 is 4.79 Å². The van der Waals surface area contributed by atoms with Gasteiger partial charge in [-0.05, 0) is 86.5 Å². The number of nitrogens with one attached hydrogen (secondary N) is 2. The average Bonchev–Trinajstić information content (AvgIpc) is 3.60. The van der Waals surface area contributed by atoms with E-state index in [0.29, 0.717) is 44.1 Å². The zero-order valence-corrected chi connectivity index (χ0v) is 29.1. The molecule has 0 saturated heterocycles. The Morgan fingerprint density at radius 2 is 1.17 bits per heavy atom. The van der Waals surface area contributed by atoms with Crippen LogP contribution in [-0.2, 0) is 45.5 Å². The first-order valence-electron chi connectivity index (χ1n) is 16.6. The Hall–Kier alpha value is -3.95. The highest BCUT2D eigenvalue weighted by molar-refractivity contribution is 7.17. The molecule has 2 aliphatic rings. The number of hydrogen-bond donors (Lipinski definition) is 2. The summed E-state index contributed by atoms with van der Waals surface area (Å²) in [6, 6.07) is 19.2. The van der Waals surface area contributed by atoms with E-state index in [1.54, 1.807) is 13.8 Å². The van der Waals surface area contributed by atoms with Crippen molar-refractivity contribution in [2.75, 3.05) is 23.8 Å². The van der Waals surface area contributed by atoms with Gasteiger partial charge >= 0.3 is 11.9 Å². The van der Waals surface area contributed by atoms with Crippen LogP contribution in [0.25, 0.3) is 0 Å². The second kappa shape index (κ2) is 14.0. The zero-order chi connectivity index (χ0) is 33.1. The highest BCUT2D eigenvalue weighted by atomic mass is 32.1. The standard InChI is InChI=1S/C38H42N2O5S2/c1-5-44-35(41)31-27-19-17-23(3)21-29(27)46-33(31)39-37(43)38(25-13-9-7-10-14-25,26-15-11-8-12-16-26)40-34-32(36(42)45-6-2)28-20-18-24(4)22-30(28)47-34/h7-16,23-24,40H,5-6,17-22H2,1-4H3,(H,39,43)/t23-,24-/m1/s1. The second-order valence-corrected chi connectivity index (χ2v) is 14.8. The van der Waals surface area contributed by atoms with Gasteiger partial charge in [-0.2, -0.15) is 0 Å². The number of thiophene rings is 2. The number of amides is 1. The molecule has 6 rings (SSSR count). The lowest BCUT2D eigenvalue weighted by Crippen LogP contribution is -2.48. The third kappa shape index (κ3) is 6.35. The summed E-state index contributed by atoms with van der Waals surface area (Å²) in [5, 5.41) is 7.99. The summed E-state index contributed by atoms with van der Waals surface area (Å²) in [6.45, 7) is 8.53. The monoisotopic (exact) mass is 670 g/mol. The minimum Gasteiger partial charge on any atom is -0.462 e. The minimum atomic E-state index is -1.47. The molecule has 2 aliphatic carbocycles. The first-order chi connectivity index (χ1) is 22.8. The fourth-order valence-electron chi connectivity index (χ4n) is 6.89. The molecule has 246 valence electrons. The van der Waals surface area contributed by atoms with Crippen LogP contribution in [-0.4, -0.2) is 31.1 Å². The zero-order valence-electron chi connectivity index (χ0n) is 27.4. The van der Waals surface area contributed by atoms with Crippen molar-refractivity contribution in [1.29, 1.82) is 0 Å². The number of ether oxygens (including phenoxy) is 2. The van der Waals surface area contributed by atoms with Crippen LogP contribution >= 0.6 is 22.7 Å². The number of carbonyl (C=O) groups excluding carboxylic acids is 3. The van der Waals surface area contributed by atoms with Gasteiger partial charge in [-0.15, -0.1) is 22.7 Å². The number of benzene rings is 2. The molecule has 7 nitrogen and oxygen atoms in total. The van der Waals surface area contributed by atoms with Gasteiger partial charge < -0.3 is 20.1 Å². The maximum absolute atomic E-state index is 15.2. The van der Waals surface area contributed by atoms with Crippen molar-refractivity contribution in [3.8, 4) is 0 Å². The van der Waals surface area contributed by atoms with E-state index in [-0.39, 0.29) is 25.1 Å². The molecule has 2 N–H and O–H groups in total. The number of hydrogen-bond acceptors (Lipinski definition) is 8. The Morgan fingerprint density at radius 1 is 0.723 bits per heavy atom. The number of esters is 2. The summed E-state index contributed by atoms with van der Waals surface area (Å²) in [5.41, 5.74) is 2.88. The molecule has 0 aliphatic heterocycles. The fraction of sp³-hybridized carbons (Fsp3) is 0.395.